The summed E-state index contributed by atoms with van der Waals surface area (Å²) in [5.41, 5.74) is 6.18. The molecule has 6 heteroatoms. The van der Waals surface area contributed by atoms with Crippen molar-refractivity contribution in [1.29, 1.82) is 0 Å². The van der Waals surface area contributed by atoms with Gasteiger partial charge in [-0.05, 0) is 48.6 Å². The molecule has 2 aromatic carbocycles. The van der Waals surface area contributed by atoms with Gasteiger partial charge in [-0.2, -0.15) is 0 Å². The first-order valence-corrected chi connectivity index (χ1v) is 12.8. The smallest absolute Gasteiger partial charge is 0.164 e. The van der Waals surface area contributed by atoms with Crippen LogP contribution in [0.5, 0.6) is 0 Å². The van der Waals surface area contributed by atoms with E-state index in [1.165, 1.54) is 22.3 Å². The van der Waals surface area contributed by atoms with E-state index in [4.69, 9.17) is 4.99 Å². The van der Waals surface area contributed by atoms with Gasteiger partial charge in [-0.1, -0.05) is 61.5 Å². The van der Waals surface area contributed by atoms with Gasteiger partial charge in [0.2, 0.25) is 0 Å². The Morgan fingerprint density at radius 2 is 1.83 bits per heavy atom. The fourth-order valence-corrected chi connectivity index (χ4v) is 7.70. The largest absolute Gasteiger partial charge is 0.317 e. The first-order chi connectivity index (χ1) is 13.7. The second kappa shape index (κ2) is 7.80. The Morgan fingerprint density at radius 3 is 2.48 bits per heavy atom. The van der Waals surface area contributed by atoms with E-state index >= 15 is 0 Å². The quantitative estimate of drug-likeness (QED) is 0.708. The molecule has 2 aliphatic rings. The molecule has 0 saturated carbocycles. The molecule has 2 heterocycles. The Bertz CT molecular complexity index is 1040. The van der Waals surface area contributed by atoms with Crippen molar-refractivity contribution in [3.05, 3.63) is 64.7 Å². The number of aliphatic imine (C=N–C) groups is 1. The van der Waals surface area contributed by atoms with Gasteiger partial charge in [0.1, 0.15) is 0 Å². The summed E-state index contributed by atoms with van der Waals surface area (Å²) in [4.78, 5) is 7.11. The first-order valence-electron chi connectivity index (χ1n) is 10.1. The standard InChI is InChI=1S/C23H28N2O2S2/c1-15(2)18-7-9-20(10-8-18)25(12-19-11-16(3)5-6-17(19)4)23-24-21-13-29(26,27)14-22(21)28-23/h5-11,15,21-22H,12-14H2,1-4H3/t21-,22-/m0/s1. The summed E-state index contributed by atoms with van der Waals surface area (Å²) < 4.78 is 23.9. The molecule has 2 aromatic rings. The Kier molecular flexibility index (Phi) is 5.51. The number of sulfone groups is 1. The third-order valence-electron chi connectivity index (χ3n) is 5.74. The number of benzene rings is 2. The monoisotopic (exact) mass is 428 g/mol. The normalized spacial score (nSPS) is 22.6. The first kappa shape index (κ1) is 20.5. The Morgan fingerprint density at radius 1 is 1.10 bits per heavy atom. The highest BCUT2D eigenvalue weighted by molar-refractivity contribution is 8.15. The van der Waals surface area contributed by atoms with Crippen LogP contribution in [0.4, 0.5) is 5.69 Å². The zero-order valence-electron chi connectivity index (χ0n) is 17.4. The van der Waals surface area contributed by atoms with E-state index in [0.717, 1.165) is 17.4 Å². The molecular formula is C23H28N2O2S2. The van der Waals surface area contributed by atoms with E-state index in [-0.39, 0.29) is 22.8 Å². The van der Waals surface area contributed by atoms with E-state index in [1.807, 2.05) is 0 Å². The molecule has 0 N–H and O–H groups in total. The van der Waals surface area contributed by atoms with Gasteiger partial charge in [0, 0.05) is 10.9 Å². The topological polar surface area (TPSA) is 49.7 Å². The number of hydrogen-bond donors (Lipinski definition) is 0. The fourth-order valence-electron chi connectivity index (χ4n) is 3.92. The Balaban J connectivity index is 1.69. The summed E-state index contributed by atoms with van der Waals surface area (Å²) in [5, 5.41) is 0.985. The second-order valence-corrected chi connectivity index (χ2v) is 11.8. The molecule has 4 nitrogen and oxygen atoms in total. The van der Waals surface area contributed by atoms with Crippen molar-refractivity contribution < 1.29 is 8.42 Å². The minimum atomic E-state index is -2.95. The third-order valence-corrected chi connectivity index (χ3v) is 8.99. The van der Waals surface area contributed by atoms with Crippen LogP contribution in [-0.4, -0.2) is 36.4 Å². The van der Waals surface area contributed by atoms with Crippen LogP contribution in [0.15, 0.2) is 47.5 Å². The van der Waals surface area contributed by atoms with Gasteiger partial charge in [-0.15, -0.1) is 0 Å². The lowest BCUT2D eigenvalue weighted by Crippen LogP contribution is -2.28. The SMILES string of the molecule is Cc1ccc(C)c(CN(C2=N[C@H]3CS(=O)(=O)C[C@@H]3S2)c2ccc(C(C)C)cc2)c1. The van der Waals surface area contributed by atoms with Gasteiger partial charge >= 0.3 is 0 Å². The highest BCUT2D eigenvalue weighted by Gasteiger charge is 2.44. The maximum atomic E-state index is 12.0. The molecule has 0 amide bonds. The van der Waals surface area contributed by atoms with Crippen LogP contribution in [0, 0.1) is 13.8 Å². The number of aryl methyl sites for hydroxylation is 2. The average Bonchev–Trinajstić information content (AvgIpc) is 3.15. The summed E-state index contributed by atoms with van der Waals surface area (Å²) in [6.07, 6.45) is 0. The predicted molar refractivity (Wildman–Crippen MR) is 124 cm³/mol. The molecule has 1 fully saturated rings. The molecule has 0 aliphatic carbocycles. The van der Waals surface area contributed by atoms with Gasteiger partial charge < -0.3 is 4.90 Å². The molecule has 2 aliphatic heterocycles. The summed E-state index contributed by atoms with van der Waals surface area (Å²) >= 11 is 1.62. The van der Waals surface area contributed by atoms with Crippen LogP contribution in [-0.2, 0) is 16.4 Å². The van der Waals surface area contributed by atoms with Crippen LogP contribution >= 0.6 is 11.8 Å². The fraction of sp³-hybridized carbons (Fsp3) is 0.435. The van der Waals surface area contributed by atoms with Gasteiger partial charge in [0.25, 0.3) is 0 Å². The van der Waals surface area contributed by atoms with Crippen molar-refractivity contribution in [2.45, 2.75) is 51.4 Å². The highest BCUT2D eigenvalue weighted by Crippen LogP contribution is 2.37. The zero-order chi connectivity index (χ0) is 20.8. The van der Waals surface area contributed by atoms with Gasteiger partial charge in [-0.25, -0.2) is 8.42 Å². The van der Waals surface area contributed by atoms with Gasteiger partial charge in [0.05, 0.1) is 24.1 Å². The lowest BCUT2D eigenvalue weighted by molar-refractivity contribution is 0.601. The lowest BCUT2D eigenvalue weighted by atomic mass is 10.0. The minimum absolute atomic E-state index is 0.0473. The van der Waals surface area contributed by atoms with Crippen LogP contribution in [0.2, 0.25) is 0 Å². The van der Waals surface area contributed by atoms with Crippen molar-refractivity contribution in [1.82, 2.24) is 0 Å². The average molecular weight is 429 g/mol. The van der Waals surface area contributed by atoms with E-state index in [9.17, 15) is 8.42 Å². The zero-order valence-corrected chi connectivity index (χ0v) is 19.1. The van der Waals surface area contributed by atoms with Crippen molar-refractivity contribution in [3.63, 3.8) is 0 Å². The van der Waals surface area contributed by atoms with Crippen LogP contribution in [0.1, 0.15) is 42.0 Å². The number of nitrogens with zero attached hydrogens (tertiary/aromatic N) is 2. The number of hydrogen-bond acceptors (Lipinski definition) is 5. The summed E-state index contributed by atoms with van der Waals surface area (Å²) in [6.45, 7) is 9.37. The van der Waals surface area contributed by atoms with E-state index in [2.05, 4.69) is 75.1 Å². The second-order valence-electron chi connectivity index (χ2n) is 8.47. The van der Waals surface area contributed by atoms with Crippen molar-refractivity contribution in [2.24, 2.45) is 4.99 Å². The van der Waals surface area contributed by atoms with E-state index in [1.54, 1.807) is 11.8 Å². The molecule has 4 rings (SSSR count). The van der Waals surface area contributed by atoms with E-state index in [0.29, 0.717) is 5.92 Å². The molecule has 0 bridgehead atoms. The third kappa shape index (κ3) is 4.38. The Hall–Kier alpha value is -1.79. The number of thioether (sulfide) groups is 1. The molecule has 0 unspecified atom stereocenters. The van der Waals surface area contributed by atoms with Crippen LogP contribution in [0.25, 0.3) is 0 Å². The predicted octanol–water partition coefficient (Wildman–Crippen LogP) is 4.70. The Labute approximate surface area is 178 Å². The van der Waals surface area contributed by atoms with Crippen LogP contribution in [0.3, 0.4) is 0 Å². The van der Waals surface area contributed by atoms with Crippen molar-refractivity contribution >= 4 is 32.5 Å². The molecule has 0 spiro atoms. The highest BCUT2D eigenvalue weighted by atomic mass is 32.2. The molecule has 154 valence electrons. The molecule has 0 aromatic heterocycles. The number of amidine groups is 1. The number of rotatable bonds is 4. The maximum Gasteiger partial charge on any atom is 0.164 e. The summed E-state index contributed by atoms with van der Waals surface area (Å²) in [6, 6.07) is 15.1. The molecule has 2 atom stereocenters. The number of fused-ring (bicyclic) bond motifs is 1. The molecule has 1 saturated heterocycles. The lowest BCUT2D eigenvalue weighted by Gasteiger charge is -2.26. The van der Waals surface area contributed by atoms with Crippen molar-refractivity contribution in [2.75, 3.05) is 16.4 Å². The molecule has 29 heavy (non-hydrogen) atoms. The minimum Gasteiger partial charge on any atom is -0.317 e. The van der Waals surface area contributed by atoms with Gasteiger partial charge in [0.15, 0.2) is 15.0 Å². The summed E-state index contributed by atoms with van der Waals surface area (Å²) in [5.74, 6) is 0.899. The van der Waals surface area contributed by atoms with E-state index < -0.39 is 9.84 Å². The summed E-state index contributed by atoms with van der Waals surface area (Å²) in [7, 11) is -2.95. The number of anilines is 1. The van der Waals surface area contributed by atoms with Crippen LogP contribution < -0.4 is 4.90 Å². The molecule has 0 radical (unpaired) electrons. The maximum absolute atomic E-state index is 12.0. The van der Waals surface area contributed by atoms with Crippen molar-refractivity contribution in [3.8, 4) is 0 Å². The van der Waals surface area contributed by atoms with Gasteiger partial charge in [-0.3, -0.25) is 4.99 Å². The molecular weight excluding hydrogens is 400 g/mol.